The van der Waals surface area contributed by atoms with Gasteiger partial charge in [-0.1, -0.05) is 31.2 Å². The summed E-state index contributed by atoms with van der Waals surface area (Å²) >= 11 is 1.60. The van der Waals surface area contributed by atoms with Crippen LogP contribution in [0.25, 0.3) is 0 Å². The molecule has 22 heavy (non-hydrogen) atoms. The van der Waals surface area contributed by atoms with Crippen LogP contribution in [0.5, 0.6) is 0 Å². The highest BCUT2D eigenvalue weighted by Crippen LogP contribution is 2.23. The number of hydrogen-bond donors (Lipinski definition) is 2. The minimum Gasteiger partial charge on any atom is -0.335 e. The molecular weight excluding hydrogens is 294 g/mol. The van der Waals surface area contributed by atoms with Crippen LogP contribution in [-0.4, -0.2) is 17.1 Å². The highest BCUT2D eigenvalue weighted by Gasteiger charge is 2.23. The molecule has 0 bridgehead atoms. The quantitative estimate of drug-likeness (QED) is 0.909. The molecule has 1 aromatic heterocycles. The standard InChI is InChI=1S/C17H21N3OS/c1-3-15(16-18-11(2)10-22-16)20-17(21)19-14-8-12-6-4-5-7-13(12)9-14/h4-7,10,14-15H,3,8-9H2,1-2H3,(H2,19,20,21)/t15-/m0/s1. The molecule has 3 rings (SSSR count). The number of carbonyl (C=O) groups excluding carboxylic acids is 1. The number of amides is 2. The van der Waals surface area contributed by atoms with Crippen LogP contribution in [-0.2, 0) is 12.8 Å². The zero-order valence-corrected chi connectivity index (χ0v) is 13.7. The molecule has 5 heteroatoms. The van der Waals surface area contributed by atoms with Gasteiger partial charge in [0.05, 0.1) is 6.04 Å². The van der Waals surface area contributed by atoms with Crippen molar-refractivity contribution in [3.05, 3.63) is 51.5 Å². The smallest absolute Gasteiger partial charge is 0.315 e. The average molecular weight is 315 g/mol. The summed E-state index contributed by atoms with van der Waals surface area (Å²) < 4.78 is 0. The molecular formula is C17H21N3OS. The van der Waals surface area contributed by atoms with Gasteiger partial charge >= 0.3 is 6.03 Å². The van der Waals surface area contributed by atoms with E-state index in [4.69, 9.17) is 0 Å². The van der Waals surface area contributed by atoms with Gasteiger partial charge in [0.1, 0.15) is 5.01 Å². The van der Waals surface area contributed by atoms with Crippen molar-refractivity contribution in [2.24, 2.45) is 0 Å². The molecule has 0 saturated carbocycles. The van der Waals surface area contributed by atoms with E-state index in [0.29, 0.717) is 0 Å². The molecule has 2 amide bonds. The van der Waals surface area contributed by atoms with Crippen LogP contribution in [0.2, 0.25) is 0 Å². The van der Waals surface area contributed by atoms with Crippen molar-refractivity contribution in [1.82, 2.24) is 15.6 Å². The molecule has 2 N–H and O–H groups in total. The van der Waals surface area contributed by atoms with Crippen molar-refractivity contribution in [3.63, 3.8) is 0 Å². The lowest BCUT2D eigenvalue weighted by Gasteiger charge is -2.18. The van der Waals surface area contributed by atoms with Crippen LogP contribution >= 0.6 is 11.3 Å². The third kappa shape index (κ3) is 3.30. The van der Waals surface area contributed by atoms with Crippen molar-refractivity contribution in [3.8, 4) is 0 Å². The van der Waals surface area contributed by atoms with Gasteiger partial charge in [0.15, 0.2) is 0 Å². The first-order chi connectivity index (χ1) is 10.7. The summed E-state index contributed by atoms with van der Waals surface area (Å²) in [5.74, 6) is 0. The monoisotopic (exact) mass is 315 g/mol. The average Bonchev–Trinajstić information content (AvgIpc) is 3.10. The second-order valence-electron chi connectivity index (χ2n) is 5.78. The summed E-state index contributed by atoms with van der Waals surface area (Å²) in [7, 11) is 0. The SMILES string of the molecule is CC[C@H](NC(=O)NC1Cc2ccccc2C1)c1nc(C)cs1. The summed E-state index contributed by atoms with van der Waals surface area (Å²) in [4.78, 5) is 16.7. The summed E-state index contributed by atoms with van der Waals surface area (Å²) in [6.07, 6.45) is 2.67. The maximum atomic E-state index is 12.3. The Kier molecular flexibility index (Phi) is 4.43. The molecule has 1 heterocycles. The van der Waals surface area contributed by atoms with E-state index in [9.17, 15) is 4.79 Å². The molecule has 1 atom stereocenters. The normalized spacial score (nSPS) is 15.4. The van der Waals surface area contributed by atoms with Crippen molar-refractivity contribution in [2.75, 3.05) is 0 Å². The van der Waals surface area contributed by atoms with Crippen LogP contribution in [0.4, 0.5) is 4.79 Å². The molecule has 1 aliphatic carbocycles. The Balaban J connectivity index is 1.57. The summed E-state index contributed by atoms with van der Waals surface area (Å²) in [6, 6.07) is 8.47. The minimum absolute atomic E-state index is 0.0116. The molecule has 0 saturated heterocycles. The zero-order chi connectivity index (χ0) is 15.5. The first-order valence-electron chi connectivity index (χ1n) is 7.71. The molecule has 0 unspecified atom stereocenters. The Hall–Kier alpha value is -1.88. The number of carbonyl (C=O) groups is 1. The molecule has 116 valence electrons. The van der Waals surface area contributed by atoms with Crippen LogP contribution in [0.15, 0.2) is 29.6 Å². The van der Waals surface area contributed by atoms with Crippen molar-refractivity contribution < 1.29 is 4.79 Å². The van der Waals surface area contributed by atoms with Crippen LogP contribution in [0, 0.1) is 6.92 Å². The fourth-order valence-electron chi connectivity index (χ4n) is 2.92. The molecule has 1 aliphatic rings. The van der Waals surface area contributed by atoms with Gasteiger partial charge in [-0.05, 0) is 37.3 Å². The second kappa shape index (κ2) is 6.48. The third-order valence-corrected chi connectivity index (χ3v) is 5.11. The fraction of sp³-hybridized carbons (Fsp3) is 0.412. The number of urea groups is 1. The number of rotatable bonds is 4. The zero-order valence-electron chi connectivity index (χ0n) is 12.9. The van der Waals surface area contributed by atoms with Gasteiger partial charge in [0.25, 0.3) is 0 Å². The number of thiazole rings is 1. The topological polar surface area (TPSA) is 54.0 Å². The Bertz CT molecular complexity index is 642. The van der Waals surface area contributed by atoms with Gasteiger partial charge in [-0.2, -0.15) is 0 Å². The second-order valence-corrected chi connectivity index (χ2v) is 6.67. The van der Waals surface area contributed by atoms with Gasteiger partial charge in [-0.3, -0.25) is 0 Å². The van der Waals surface area contributed by atoms with Gasteiger partial charge < -0.3 is 10.6 Å². The van der Waals surface area contributed by atoms with Crippen LogP contribution < -0.4 is 10.6 Å². The van der Waals surface area contributed by atoms with E-state index >= 15 is 0 Å². The molecule has 0 radical (unpaired) electrons. The van der Waals surface area contributed by atoms with Gasteiger partial charge in [-0.15, -0.1) is 11.3 Å². The van der Waals surface area contributed by atoms with E-state index in [2.05, 4.69) is 46.8 Å². The Morgan fingerprint density at radius 2 is 2.05 bits per heavy atom. The number of aromatic nitrogens is 1. The first-order valence-corrected chi connectivity index (χ1v) is 8.59. The number of nitrogens with zero attached hydrogens (tertiary/aromatic N) is 1. The lowest BCUT2D eigenvalue weighted by Crippen LogP contribution is -2.43. The number of nitrogens with one attached hydrogen (secondary N) is 2. The highest BCUT2D eigenvalue weighted by molar-refractivity contribution is 7.09. The van der Waals surface area contributed by atoms with Gasteiger partial charge in [-0.25, -0.2) is 9.78 Å². The minimum atomic E-state index is -0.0995. The molecule has 2 aromatic rings. The third-order valence-electron chi connectivity index (χ3n) is 4.03. The van der Waals surface area contributed by atoms with E-state index in [1.54, 1.807) is 11.3 Å². The Morgan fingerprint density at radius 1 is 1.36 bits per heavy atom. The molecule has 0 aliphatic heterocycles. The van der Waals surface area contributed by atoms with E-state index in [1.807, 2.05) is 12.3 Å². The van der Waals surface area contributed by atoms with Gasteiger partial charge in [0, 0.05) is 17.1 Å². The summed E-state index contributed by atoms with van der Waals surface area (Å²) in [6.45, 7) is 4.04. The summed E-state index contributed by atoms with van der Waals surface area (Å²) in [5, 5.41) is 9.14. The molecule has 4 nitrogen and oxygen atoms in total. The van der Waals surface area contributed by atoms with Crippen LogP contribution in [0.3, 0.4) is 0 Å². The number of hydrogen-bond acceptors (Lipinski definition) is 3. The predicted molar refractivity (Wildman–Crippen MR) is 89.2 cm³/mol. The maximum absolute atomic E-state index is 12.3. The highest BCUT2D eigenvalue weighted by atomic mass is 32.1. The lowest BCUT2D eigenvalue weighted by molar-refractivity contribution is 0.233. The molecule has 0 spiro atoms. The van der Waals surface area contributed by atoms with E-state index in [1.165, 1.54) is 11.1 Å². The Labute approximate surface area is 135 Å². The number of benzene rings is 1. The fourth-order valence-corrected chi connectivity index (χ4v) is 3.85. The molecule has 1 aromatic carbocycles. The number of fused-ring (bicyclic) bond motifs is 1. The van der Waals surface area contributed by atoms with Crippen molar-refractivity contribution >= 4 is 17.4 Å². The van der Waals surface area contributed by atoms with Crippen molar-refractivity contribution in [1.29, 1.82) is 0 Å². The molecule has 0 fully saturated rings. The lowest BCUT2D eigenvalue weighted by atomic mass is 10.1. The number of aryl methyl sites for hydroxylation is 1. The Morgan fingerprint density at radius 3 is 2.59 bits per heavy atom. The summed E-state index contributed by atoms with van der Waals surface area (Å²) in [5.41, 5.74) is 3.69. The maximum Gasteiger partial charge on any atom is 0.315 e. The van der Waals surface area contributed by atoms with Crippen molar-refractivity contribution in [2.45, 2.75) is 45.2 Å². The largest absolute Gasteiger partial charge is 0.335 e. The van der Waals surface area contributed by atoms with Gasteiger partial charge in [0.2, 0.25) is 0 Å². The van der Waals surface area contributed by atoms with E-state index < -0.39 is 0 Å². The first kappa shape index (κ1) is 15.0. The van der Waals surface area contributed by atoms with E-state index in [0.717, 1.165) is 30.0 Å². The van der Waals surface area contributed by atoms with E-state index in [-0.39, 0.29) is 18.1 Å². The predicted octanol–water partition coefficient (Wildman–Crippen LogP) is 3.37. The van der Waals surface area contributed by atoms with Crippen LogP contribution in [0.1, 0.15) is 41.2 Å².